The number of sulfone groups is 1. The molecule has 0 N–H and O–H groups in total. The van der Waals surface area contributed by atoms with Crippen molar-refractivity contribution in [3.63, 3.8) is 0 Å². The zero-order chi connectivity index (χ0) is 16.2. The minimum absolute atomic E-state index is 0.191. The van der Waals surface area contributed by atoms with Crippen LogP contribution in [0.5, 0.6) is 0 Å². The van der Waals surface area contributed by atoms with Crippen molar-refractivity contribution in [3.05, 3.63) is 23.8 Å². The predicted octanol–water partition coefficient (Wildman–Crippen LogP) is 0.847. The van der Waals surface area contributed by atoms with Gasteiger partial charge in [-0.05, 0) is 25.3 Å². The molecule has 1 unspecified atom stereocenters. The summed E-state index contributed by atoms with van der Waals surface area (Å²) in [7, 11) is -0.340. The van der Waals surface area contributed by atoms with E-state index in [0.717, 1.165) is 0 Å². The van der Waals surface area contributed by atoms with E-state index in [4.69, 9.17) is 9.47 Å². The van der Waals surface area contributed by atoms with Crippen LogP contribution in [0.1, 0.15) is 36.7 Å². The fraction of sp³-hybridized carbons (Fsp3) is 0.643. The number of ether oxygens (including phenoxy) is 2. The second-order valence-corrected chi connectivity index (χ2v) is 7.54. The molecule has 1 aromatic heterocycles. The lowest BCUT2D eigenvalue weighted by atomic mass is 10.0. The summed E-state index contributed by atoms with van der Waals surface area (Å²) in [6.45, 7) is 0.374. The van der Waals surface area contributed by atoms with E-state index in [1.165, 1.54) is 13.3 Å². The van der Waals surface area contributed by atoms with Crippen LogP contribution in [-0.4, -0.2) is 50.4 Å². The SMILES string of the molecule is COCCC(C(=O)OC)c1ccnc(CS(=O)(=O)C2CC2)n1. The molecular formula is C14H20N2O5S. The van der Waals surface area contributed by atoms with Gasteiger partial charge in [0.2, 0.25) is 0 Å². The van der Waals surface area contributed by atoms with Crippen molar-refractivity contribution in [2.24, 2.45) is 0 Å². The van der Waals surface area contributed by atoms with Gasteiger partial charge < -0.3 is 9.47 Å². The lowest BCUT2D eigenvalue weighted by molar-refractivity contribution is -0.143. The minimum Gasteiger partial charge on any atom is -0.469 e. The van der Waals surface area contributed by atoms with Crippen LogP contribution in [0.3, 0.4) is 0 Å². The number of hydrogen-bond donors (Lipinski definition) is 0. The fourth-order valence-corrected chi connectivity index (χ4v) is 3.76. The summed E-state index contributed by atoms with van der Waals surface area (Å²) in [5, 5.41) is -0.260. The van der Waals surface area contributed by atoms with Crippen molar-refractivity contribution in [2.45, 2.75) is 36.2 Å². The van der Waals surface area contributed by atoms with E-state index in [-0.39, 0.29) is 16.8 Å². The molecule has 0 amide bonds. The number of aromatic nitrogens is 2. The molecule has 1 aromatic rings. The van der Waals surface area contributed by atoms with Crippen molar-refractivity contribution in [2.75, 3.05) is 20.8 Å². The van der Waals surface area contributed by atoms with Crippen LogP contribution in [0.2, 0.25) is 0 Å². The normalized spacial score (nSPS) is 16.3. The molecule has 0 spiro atoms. The highest BCUT2D eigenvalue weighted by Gasteiger charge is 2.36. The van der Waals surface area contributed by atoms with Crippen LogP contribution in [0.15, 0.2) is 12.3 Å². The molecule has 0 aromatic carbocycles. The van der Waals surface area contributed by atoms with Gasteiger partial charge in [-0.3, -0.25) is 4.79 Å². The summed E-state index contributed by atoms with van der Waals surface area (Å²) in [6.07, 6.45) is 3.30. The van der Waals surface area contributed by atoms with Gasteiger partial charge in [0.05, 0.1) is 18.1 Å². The summed E-state index contributed by atoms with van der Waals surface area (Å²) in [5.74, 6) is -0.985. The Balaban J connectivity index is 2.19. The standard InChI is InChI=1S/C14H20N2O5S/c1-20-8-6-11(14(17)21-2)12-5-7-15-13(16-12)9-22(18,19)10-3-4-10/h5,7,10-11H,3-4,6,8-9H2,1-2H3. The third-order valence-corrected chi connectivity index (χ3v) is 5.69. The van der Waals surface area contributed by atoms with Crippen LogP contribution < -0.4 is 0 Å². The maximum Gasteiger partial charge on any atom is 0.314 e. The molecule has 22 heavy (non-hydrogen) atoms. The second kappa shape index (κ2) is 7.15. The summed E-state index contributed by atoms with van der Waals surface area (Å²) in [5.41, 5.74) is 0.458. The first-order valence-corrected chi connectivity index (χ1v) is 8.79. The average molecular weight is 328 g/mol. The second-order valence-electron chi connectivity index (χ2n) is 5.26. The zero-order valence-electron chi connectivity index (χ0n) is 12.7. The van der Waals surface area contributed by atoms with E-state index >= 15 is 0 Å². The molecule has 0 radical (unpaired) electrons. The largest absolute Gasteiger partial charge is 0.469 e. The molecule has 8 heteroatoms. The molecule has 0 aliphatic heterocycles. The summed E-state index contributed by atoms with van der Waals surface area (Å²) in [6, 6.07) is 1.60. The Kier molecular flexibility index (Phi) is 5.47. The number of esters is 1. The van der Waals surface area contributed by atoms with Gasteiger partial charge in [0.25, 0.3) is 0 Å². The zero-order valence-corrected chi connectivity index (χ0v) is 13.5. The molecule has 1 saturated carbocycles. The molecule has 7 nitrogen and oxygen atoms in total. The van der Waals surface area contributed by atoms with E-state index in [2.05, 4.69) is 9.97 Å². The Morgan fingerprint density at radius 3 is 2.73 bits per heavy atom. The van der Waals surface area contributed by atoms with Gasteiger partial charge in [-0.1, -0.05) is 0 Å². The van der Waals surface area contributed by atoms with Crippen molar-refractivity contribution < 1.29 is 22.7 Å². The maximum absolute atomic E-state index is 12.0. The highest BCUT2D eigenvalue weighted by molar-refractivity contribution is 7.91. The molecule has 1 atom stereocenters. The summed E-state index contributed by atoms with van der Waals surface area (Å²) in [4.78, 5) is 20.1. The van der Waals surface area contributed by atoms with Gasteiger partial charge >= 0.3 is 5.97 Å². The fourth-order valence-electron chi connectivity index (χ4n) is 2.17. The highest BCUT2D eigenvalue weighted by atomic mass is 32.2. The Bertz CT molecular complexity index is 628. The Labute approximate surface area is 130 Å². The first-order valence-electron chi connectivity index (χ1n) is 7.08. The van der Waals surface area contributed by atoms with Crippen molar-refractivity contribution >= 4 is 15.8 Å². The number of hydrogen-bond acceptors (Lipinski definition) is 7. The van der Waals surface area contributed by atoms with Crippen LogP contribution >= 0.6 is 0 Å². The lowest BCUT2D eigenvalue weighted by Gasteiger charge is -2.14. The van der Waals surface area contributed by atoms with Gasteiger partial charge in [0, 0.05) is 19.9 Å². The molecule has 1 aliphatic rings. The van der Waals surface area contributed by atoms with Gasteiger partial charge in [0.15, 0.2) is 9.84 Å². The molecule has 1 heterocycles. The molecular weight excluding hydrogens is 308 g/mol. The molecule has 0 bridgehead atoms. The van der Waals surface area contributed by atoms with Gasteiger partial charge in [-0.2, -0.15) is 0 Å². The first-order chi connectivity index (χ1) is 10.5. The number of carbonyl (C=O) groups excluding carboxylic acids is 1. The molecule has 2 rings (SSSR count). The minimum atomic E-state index is -3.19. The van der Waals surface area contributed by atoms with Gasteiger partial charge in [0.1, 0.15) is 17.5 Å². The van der Waals surface area contributed by atoms with Crippen LogP contribution in [0.4, 0.5) is 0 Å². The summed E-state index contributed by atoms with van der Waals surface area (Å²) >= 11 is 0. The number of nitrogens with zero attached hydrogens (tertiary/aromatic N) is 2. The quantitative estimate of drug-likeness (QED) is 0.653. The molecule has 122 valence electrons. The maximum atomic E-state index is 12.0. The Hall–Kier alpha value is -1.54. The van der Waals surface area contributed by atoms with E-state index in [0.29, 0.717) is 31.6 Å². The number of carbonyl (C=O) groups is 1. The average Bonchev–Trinajstić information content (AvgIpc) is 3.32. The van der Waals surface area contributed by atoms with Crippen LogP contribution in [0.25, 0.3) is 0 Å². The summed E-state index contributed by atoms with van der Waals surface area (Å²) < 4.78 is 33.8. The lowest BCUT2D eigenvalue weighted by Crippen LogP contribution is -2.19. The Morgan fingerprint density at radius 1 is 1.41 bits per heavy atom. The van der Waals surface area contributed by atoms with E-state index in [1.807, 2.05) is 0 Å². The van der Waals surface area contributed by atoms with Crippen molar-refractivity contribution in [3.8, 4) is 0 Å². The smallest absolute Gasteiger partial charge is 0.314 e. The van der Waals surface area contributed by atoms with Crippen molar-refractivity contribution in [1.29, 1.82) is 0 Å². The van der Waals surface area contributed by atoms with E-state index < -0.39 is 21.7 Å². The topological polar surface area (TPSA) is 95.5 Å². The van der Waals surface area contributed by atoms with Gasteiger partial charge in [-0.25, -0.2) is 18.4 Å². The van der Waals surface area contributed by atoms with Crippen LogP contribution in [-0.2, 0) is 29.9 Å². The molecule has 1 aliphatic carbocycles. The third-order valence-electron chi connectivity index (χ3n) is 3.54. The van der Waals surface area contributed by atoms with Crippen LogP contribution in [0, 0.1) is 0 Å². The van der Waals surface area contributed by atoms with E-state index in [9.17, 15) is 13.2 Å². The van der Waals surface area contributed by atoms with Gasteiger partial charge in [-0.15, -0.1) is 0 Å². The predicted molar refractivity (Wildman–Crippen MR) is 78.9 cm³/mol. The molecule has 0 saturated heterocycles. The van der Waals surface area contributed by atoms with E-state index in [1.54, 1.807) is 13.2 Å². The van der Waals surface area contributed by atoms with Crippen molar-refractivity contribution in [1.82, 2.24) is 9.97 Å². The monoisotopic (exact) mass is 328 g/mol. The number of rotatable bonds is 8. The first kappa shape index (κ1) is 16.8. The Morgan fingerprint density at radius 2 is 2.14 bits per heavy atom. The highest BCUT2D eigenvalue weighted by Crippen LogP contribution is 2.30. The third kappa shape index (κ3) is 4.23. The number of methoxy groups -OCH3 is 2. The molecule has 1 fully saturated rings.